The lowest BCUT2D eigenvalue weighted by molar-refractivity contribution is -0.127. The topological polar surface area (TPSA) is 137 Å². The normalized spacial score (nSPS) is 17.0. The molecule has 9 heteroatoms. The number of imidazole rings is 1. The van der Waals surface area contributed by atoms with Crippen molar-refractivity contribution in [2.45, 2.75) is 44.6 Å². The summed E-state index contributed by atoms with van der Waals surface area (Å²) in [6, 6.07) is 22.7. The van der Waals surface area contributed by atoms with Gasteiger partial charge in [0.05, 0.1) is 29.9 Å². The molecule has 1 atom stereocenters. The summed E-state index contributed by atoms with van der Waals surface area (Å²) in [7, 11) is 0. The molecule has 2 amide bonds. The Balaban J connectivity index is 1.38. The van der Waals surface area contributed by atoms with Crippen LogP contribution in [0, 0.1) is 29.0 Å². The fourth-order valence-corrected chi connectivity index (χ4v) is 5.62. The molecule has 3 aromatic carbocycles. The van der Waals surface area contributed by atoms with E-state index in [1.165, 1.54) is 12.1 Å². The zero-order valence-corrected chi connectivity index (χ0v) is 23.9. The Kier molecular flexibility index (Phi) is 9.59. The minimum absolute atomic E-state index is 0.0381. The summed E-state index contributed by atoms with van der Waals surface area (Å²) in [5.74, 6) is 0.0377. The smallest absolute Gasteiger partial charge is 0.228 e. The standard InChI is InChI=1S/C34H35FN6O2/c35-28-17-26(14-15-27(28)20-37)31-21-38-33(40-31)30(41-34(43)24-12-10-23(19-36)11-13-24)18-25-8-4-5-9-29(25)39-32(42)16-22-6-2-1-3-7-22/h1-9,14-15,17,21,23-24,30H,10-13,16,18-19,36H2,(H,38,40)(H,39,42)(H,41,43)/t23?,24?,30-/m0/s1. The SMILES string of the molecule is N#Cc1ccc(-c2cnc([C@H](Cc3ccccc3NC(=O)Cc3ccccc3)NC(=O)C3CCC(CN)CC3)[nH]2)cc1F. The lowest BCUT2D eigenvalue weighted by Crippen LogP contribution is -2.37. The highest BCUT2D eigenvalue weighted by Gasteiger charge is 2.29. The molecule has 1 heterocycles. The van der Waals surface area contributed by atoms with Crippen LogP contribution in [0.2, 0.25) is 0 Å². The van der Waals surface area contributed by atoms with Crippen LogP contribution in [0.3, 0.4) is 0 Å². The summed E-state index contributed by atoms with van der Waals surface area (Å²) in [4.78, 5) is 34.2. The molecule has 1 aromatic heterocycles. The molecule has 1 aliphatic rings. The van der Waals surface area contributed by atoms with Crippen molar-refractivity contribution in [2.24, 2.45) is 17.6 Å². The van der Waals surface area contributed by atoms with E-state index in [1.54, 1.807) is 12.3 Å². The number of hydrogen-bond acceptors (Lipinski definition) is 5. The van der Waals surface area contributed by atoms with Crippen LogP contribution in [0.5, 0.6) is 0 Å². The summed E-state index contributed by atoms with van der Waals surface area (Å²) in [5, 5.41) is 15.3. The summed E-state index contributed by atoms with van der Waals surface area (Å²) in [6.45, 7) is 0.634. The van der Waals surface area contributed by atoms with E-state index in [0.717, 1.165) is 36.8 Å². The van der Waals surface area contributed by atoms with E-state index >= 15 is 0 Å². The van der Waals surface area contributed by atoms with Crippen molar-refractivity contribution in [2.75, 3.05) is 11.9 Å². The Hall–Kier alpha value is -4.81. The molecule has 8 nitrogen and oxygen atoms in total. The fraction of sp³-hybridized carbons (Fsp3) is 0.294. The maximum absolute atomic E-state index is 14.4. The molecule has 0 bridgehead atoms. The molecule has 1 saturated carbocycles. The van der Waals surface area contributed by atoms with Crippen LogP contribution in [0.25, 0.3) is 11.3 Å². The van der Waals surface area contributed by atoms with E-state index < -0.39 is 11.9 Å². The number of aromatic nitrogens is 2. The van der Waals surface area contributed by atoms with E-state index in [-0.39, 0.29) is 29.7 Å². The number of carbonyl (C=O) groups is 2. The van der Waals surface area contributed by atoms with Crippen LogP contribution in [-0.2, 0) is 22.4 Å². The first-order chi connectivity index (χ1) is 20.9. The van der Waals surface area contributed by atoms with E-state index in [9.17, 15) is 14.0 Å². The summed E-state index contributed by atoms with van der Waals surface area (Å²) < 4.78 is 14.4. The average Bonchev–Trinajstić information content (AvgIpc) is 3.52. The van der Waals surface area contributed by atoms with Gasteiger partial charge in [0.15, 0.2) is 0 Å². The number of aromatic amines is 1. The van der Waals surface area contributed by atoms with Gasteiger partial charge in [-0.05, 0) is 67.5 Å². The molecule has 0 unspecified atom stereocenters. The number of para-hydroxylation sites is 1. The Morgan fingerprint density at radius 3 is 2.51 bits per heavy atom. The molecule has 0 spiro atoms. The van der Waals surface area contributed by atoms with Crippen molar-refractivity contribution in [1.29, 1.82) is 5.26 Å². The highest BCUT2D eigenvalue weighted by molar-refractivity contribution is 5.93. The van der Waals surface area contributed by atoms with Gasteiger partial charge in [0.1, 0.15) is 17.7 Å². The van der Waals surface area contributed by atoms with Crippen LogP contribution in [-0.4, -0.2) is 28.3 Å². The van der Waals surface area contributed by atoms with Crippen molar-refractivity contribution in [3.63, 3.8) is 0 Å². The Morgan fingerprint density at radius 2 is 1.79 bits per heavy atom. The van der Waals surface area contributed by atoms with Gasteiger partial charge in [0.2, 0.25) is 11.8 Å². The van der Waals surface area contributed by atoms with Gasteiger partial charge in [0, 0.05) is 23.6 Å². The predicted molar refractivity (Wildman–Crippen MR) is 163 cm³/mol. The molecule has 5 rings (SSSR count). The van der Waals surface area contributed by atoms with Gasteiger partial charge in [-0.1, -0.05) is 54.6 Å². The highest BCUT2D eigenvalue weighted by atomic mass is 19.1. The summed E-state index contributed by atoms with van der Waals surface area (Å²) >= 11 is 0. The number of nitrogens with two attached hydrogens (primary N) is 1. The van der Waals surface area contributed by atoms with Crippen molar-refractivity contribution < 1.29 is 14.0 Å². The molecule has 5 N–H and O–H groups in total. The summed E-state index contributed by atoms with van der Waals surface area (Å²) in [6.07, 6.45) is 5.59. The van der Waals surface area contributed by atoms with Gasteiger partial charge in [-0.25, -0.2) is 9.37 Å². The summed E-state index contributed by atoms with van der Waals surface area (Å²) in [5.41, 5.74) is 9.32. The molecule has 1 aliphatic carbocycles. The van der Waals surface area contributed by atoms with E-state index in [0.29, 0.717) is 41.7 Å². The van der Waals surface area contributed by atoms with Gasteiger partial charge in [-0.3, -0.25) is 9.59 Å². The van der Waals surface area contributed by atoms with E-state index in [1.807, 2.05) is 60.7 Å². The molecule has 0 radical (unpaired) electrons. The molecule has 4 aromatic rings. The lowest BCUT2D eigenvalue weighted by Gasteiger charge is -2.28. The number of hydrogen-bond donors (Lipinski definition) is 4. The number of amides is 2. The molecule has 0 saturated heterocycles. The second-order valence-corrected chi connectivity index (χ2v) is 11.1. The number of benzene rings is 3. The molecule has 43 heavy (non-hydrogen) atoms. The fourth-order valence-electron chi connectivity index (χ4n) is 5.62. The van der Waals surface area contributed by atoms with Crippen LogP contribution >= 0.6 is 0 Å². The predicted octanol–water partition coefficient (Wildman–Crippen LogP) is 5.43. The first kappa shape index (κ1) is 29.7. The van der Waals surface area contributed by atoms with E-state index in [2.05, 4.69) is 20.6 Å². The van der Waals surface area contributed by atoms with Crippen molar-refractivity contribution in [1.82, 2.24) is 15.3 Å². The van der Waals surface area contributed by atoms with Crippen LogP contribution < -0.4 is 16.4 Å². The second-order valence-electron chi connectivity index (χ2n) is 11.1. The van der Waals surface area contributed by atoms with Crippen molar-refractivity contribution >= 4 is 17.5 Å². The molecule has 0 aliphatic heterocycles. The van der Waals surface area contributed by atoms with Crippen molar-refractivity contribution in [3.05, 3.63) is 107 Å². The molecular weight excluding hydrogens is 543 g/mol. The first-order valence-electron chi connectivity index (χ1n) is 14.6. The third kappa shape index (κ3) is 7.53. The van der Waals surface area contributed by atoms with Gasteiger partial charge in [0.25, 0.3) is 0 Å². The number of nitrogens with one attached hydrogen (secondary N) is 3. The van der Waals surface area contributed by atoms with Gasteiger partial charge in [-0.15, -0.1) is 0 Å². The van der Waals surface area contributed by atoms with Gasteiger partial charge in [-0.2, -0.15) is 5.26 Å². The number of nitriles is 1. The number of rotatable bonds is 10. The monoisotopic (exact) mass is 578 g/mol. The van der Waals surface area contributed by atoms with Crippen LogP contribution in [0.1, 0.15) is 54.2 Å². The number of carbonyl (C=O) groups excluding carboxylic acids is 2. The number of halogens is 1. The largest absolute Gasteiger partial charge is 0.346 e. The first-order valence-corrected chi connectivity index (χ1v) is 14.6. The van der Waals surface area contributed by atoms with Gasteiger partial charge < -0.3 is 21.4 Å². The molecule has 220 valence electrons. The Bertz CT molecular complexity index is 1600. The second kappa shape index (κ2) is 13.9. The lowest BCUT2D eigenvalue weighted by atomic mass is 9.81. The van der Waals surface area contributed by atoms with Gasteiger partial charge >= 0.3 is 0 Å². The minimum atomic E-state index is -0.616. The average molecular weight is 579 g/mol. The van der Waals surface area contributed by atoms with E-state index in [4.69, 9.17) is 11.0 Å². The minimum Gasteiger partial charge on any atom is -0.346 e. The zero-order chi connectivity index (χ0) is 30.2. The van der Waals surface area contributed by atoms with Crippen LogP contribution in [0.4, 0.5) is 10.1 Å². The third-order valence-electron chi connectivity index (χ3n) is 8.12. The van der Waals surface area contributed by atoms with Crippen LogP contribution in [0.15, 0.2) is 79.0 Å². The highest BCUT2D eigenvalue weighted by Crippen LogP contribution is 2.30. The molecular formula is C34H35FN6O2. The molecule has 1 fully saturated rings. The third-order valence-corrected chi connectivity index (χ3v) is 8.12. The maximum Gasteiger partial charge on any atom is 0.228 e. The Labute approximate surface area is 250 Å². The van der Waals surface area contributed by atoms with Crippen molar-refractivity contribution in [3.8, 4) is 17.3 Å². The zero-order valence-electron chi connectivity index (χ0n) is 23.9. The quantitative estimate of drug-likeness (QED) is 0.199. The Morgan fingerprint density at radius 1 is 1.05 bits per heavy atom. The number of H-pyrrole nitrogens is 1. The maximum atomic E-state index is 14.4. The number of anilines is 1. The number of nitrogens with zero attached hydrogens (tertiary/aromatic N) is 2.